The molecule has 1 saturated carbocycles. The van der Waals surface area contributed by atoms with E-state index in [1.54, 1.807) is 12.4 Å². The minimum atomic E-state index is 0.123. The second-order valence-electron chi connectivity index (χ2n) is 8.77. The molecular weight excluding hydrogens is 430 g/mol. The van der Waals surface area contributed by atoms with Gasteiger partial charge in [0, 0.05) is 41.0 Å². The first-order valence-electron chi connectivity index (χ1n) is 11.2. The number of ketones is 1. The first kappa shape index (κ1) is 21.6. The van der Waals surface area contributed by atoms with Crippen molar-refractivity contribution < 1.29 is 4.79 Å². The molecule has 0 N–H and O–H groups in total. The van der Waals surface area contributed by atoms with Gasteiger partial charge >= 0.3 is 0 Å². The van der Waals surface area contributed by atoms with Gasteiger partial charge in [-0.1, -0.05) is 29.5 Å². The van der Waals surface area contributed by atoms with Gasteiger partial charge in [-0.05, 0) is 70.4 Å². The van der Waals surface area contributed by atoms with Crippen LogP contribution in [0.4, 0.5) is 0 Å². The molecule has 4 aromatic rings. The number of nitrogens with zero attached hydrogens (tertiary/aromatic N) is 5. The lowest BCUT2D eigenvalue weighted by Gasteiger charge is -2.13. The molecule has 3 aromatic heterocycles. The normalized spacial score (nSPS) is 13.5. The minimum Gasteiger partial charge on any atom is -0.345 e. The van der Waals surface area contributed by atoms with Crippen LogP contribution >= 0.6 is 11.8 Å². The van der Waals surface area contributed by atoms with Crippen LogP contribution in [0.3, 0.4) is 0 Å². The van der Waals surface area contributed by atoms with Crippen molar-refractivity contribution in [1.82, 2.24) is 24.3 Å². The summed E-state index contributed by atoms with van der Waals surface area (Å²) in [6.45, 7) is 8.31. The largest absolute Gasteiger partial charge is 0.345 e. The van der Waals surface area contributed by atoms with Gasteiger partial charge in [0.2, 0.25) is 0 Å². The summed E-state index contributed by atoms with van der Waals surface area (Å²) < 4.78 is 4.35. The molecule has 0 unspecified atom stereocenters. The van der Waals surface area contributed by atoms with Gasteiger partial charge in [0.15, 0.2) is 16.8 Å². The average Bonchev–Trinajstić information content (AvgIpc) is 3.47. The Bertz CT molecular complexity index is 1330. The van der Waals surface area contributed by atoms with Gasteiger partial charge in [-0.25, -0.2) is 0 Å². The van der Waals surface area contributed by atoms with Gasteiger partial charge in [0.05, 0.1) is 11.4 Å². The van der Waals surface area contributed by atoms with Gasteiger partial charge in [-0.2, -0.15) is 0 Å². The van der Waals surface area contributed by atoms with Crippen LogP contribution < -0.4 is 0 Å². The van der Waals surface area contributed by atoms with Crippen LogP contribution in [0.25, 0.3) is 17.1 Å². The zero-order valence-electron chi connectivity index (χ0n) is 19.4. The van der Waals surface area contributed by atoms with E-state index in [0.29, 0.717) is 17.0 Å². The van der Waals surface area contributed by atoms with Crippen molar-refractivity contribution in [2.24, 2.45) is 0 Å². The highest BCUT2D eigenvalue weighted by Crippen LogP contribution is 2.38. The number of pyridine rings is 1. The molecule has 1 fully saturated rings. The van der Waals surface area contributed by atoms with E-state index in [9.17, 15) is 4.79 Å². The van der Waals surface area contributed by atoms with E-state index in [2.05, 4.69) is 65.6 Å². The molecule has 0 radical (unpaired) electrons. The van der Waals surface area contributed by atoms with Crippen LogP contribution in [0.1, 0.15) is 51.8 Å². The number of hydrogen-bond donors (Lipinski definition) is 0. The van der Waals surface area contributed by atoms with Crippen LogP contribution in [0.5, 0.6) is 0 Å². The van der Waals surface area contributed by atoms with Gasteiger partial charge in [0.1, 0.15) is 0 Å². The van der Waals surface area contributed by atoms with Crippen molar-refractivity contribution >= 4 is 17.5 Å². The number of Topliss-reactive ketones (excluding diaryl/α,β-unsaturated/α-hetero) is 1. The lowest BCUT2D eigenvalue weighted by molar-refractivity contribution is 0.102. The number of aromatic nitrogens is 5. The van der Waals surface area contributed by atoms with Crippen LogP contribution in [-0.4, -0.2) is 35.9 Å². The summed E-state index contributed by atoms with van der Waals surface area (Å²) in [6.07, 6.45) is 5.94. The van der Waals surface area contributed by atoms with Crippen molar-refractivity contribution in [2.75, 3.05) is 5.75 Å². The molecule has 7 heteroatoms. The predicted octanol–water partition coefficient (Wildman–Crippen LogP) is 5.67. The Balaban J connectivity index is 1.48. The molecule has 0 saturated heterocycles. The maximum Gasteiger partial charge on any atom is 0.196 e. The van der Waals surface area contributed by atoms with Crippen molar-refractivity contribution in [2.45, 2.75) is 51.7 Å². The van der Waals surface area contributed by atoms with Crippen LogP contribution in [0.15, 0.2) is 53.9 Å². The molecule has 0 spiro atoms. The topological polar surface area (TPSA) is 65.6 Å². The van der Waals surface area contributed by atoms with Crippen molar-refractivity contribution in [1.29, 1.82) is 0 Å². The SMILES string of the molecule is Cc1ccc(-n2c(SCC(=O)c3cc(C)n(C4CC4)c3C)nnc2-c2cccnc2)c(C)c1. The standard InChI is InChI=1S/C26H27N5OS/c1-16-7-10-23(17(2)12-16)31-25(20-6-5-11-27-14-20)28-29-26(31)33-15-24(32)22-13-18(3)30(19(22)4)21-8-9-21/h5-7,10-14,21H,8-9,15H2,1-4H3. The van der Waals surface area contributed by atoms with E-state index in [1.807, 2.05) is 22.8 Å². The maximum absolute atomic E-state index is 13.2. The molecule has 1 aliphatic carbocycles. The average molecular weight is 458 g/mol. The quantitative estimate of drug-likeness (QED) is 0.264. The van der Waals surface area contributed by atoms with E-state index in [4.69, 9.17) is 0 Å². The van der Waals surface area contributed by atoms with Crippen LogP contribution in [-0.2, 0) is 0 Å². The number of carbonyl (C=O) groups is 1. The highest BCUT2D eigenvalue weighted by atomic mass is 32.2. The molecule has 5 rings (SSSR count). The predicted molar refractivity (Wildman–Crippen MR) is 131 cm³/mol. The molecule has 0 bridgehead atoms. The fourth-order valence-electron chi connectivity index (χ4n) is 4.48. The Kier molecular flexibility index (Phi) is 5.66. The van der Waals surface area contributed by atoms with Gasteiger partial charge in [-0.3, -0.25) is 14.3 Å². The number of rotatable bonds is 7. The van der Waals surface area contributed by atoms with E-state index in [-0.39, 0.29) is 5.78 Å². The Labute approximate surface area is 198 Å². The maximum atomic E-state index is 13.2. The molecular formula is C26H27N5OS. The molecule has 6 nitrogen and oxygen atoms in total. The summed E-state index contributed by atoms with van der Waals surface area (Å²) in [5, 5.41) is 9.65. The first-order chi connectivity index (χ1) is 15.9. The molecule has 1 aliphatic rings. The fraction of sp³-hybridized carbons (Fsp3) is 0.308. The van der Waals surface area contributed by atoms with Crippen molar-refractivity contribution in [3.05, 3.63) is 76.9 Å². The summed E-state index contributed by atoms with van der Waals surface area (Å²) in [4.78, 5) is 17.4. The highest BCUT2D eigenvalue weighted by Gasteiger charge is 2.28. The van der Waals surface area contributed by atoms with Crippen LogP contribution in [0, 0.1) is 27.7 Å². The number of hydrogen-bond acceptors (Lipinski definition) is 5. The monoisotopic (exact) mass is 457 g/mol. The molecule has 168 valence electrons. The van der Waals surface area contributed by atoms with Gasteiger partial charge in [-0.15, -0.1) is 10.2 Å². The van der Waals surface area contributed by atoms with Gasteiger partial charge in [0.25, 0.3) is 0 Å². The second kappa shape index (κ2) is 8.63. The van der Waals surface area contributed by atoms with Gasteiger partial charge < -0.3 is 4.57 Å². The lowest BCUT2D eigenvalue weighted by atomic mass is 10.1. The van der Waals surface area contributed by atoms with E-state index < -0.39 is 0 Å². The van der Waals surface area contributed by atoms with Crippen LogP contribution in [0.2, 0.25) is 0 Å². The Morgan fingerprint density at radius 2 is 1.91 bits per heavy atom. The summed E-state index contributed by atoms with van der Waals surface area (Å²) in [5.41, 5.74) is 7.27. The van der Waals surface area contributed by atoms with E-state index in [0.717, 1.165) is 33.9 Å². The molecule has 33 heavy (non-hydrogen) atoms. The third-order valence-electron chi connectivity index (χ3n) is 6.18. The fourth-order valence-corrected chi connectivity index (χ4v) is 5.31. The highest BCUT2D eigenvalue weighted by molar-refractivity contribution is 7.99. The summed E-state index contributed by atoms with van der Waals surface area (Å²) in [6, 6.07) is 12.8. The molecule has 3 heterocycles. The van der Waals surface area contributed by atoms with Crippen molar-refractivity contribution in [3.8, 4) is 17.1 Å². The first-order valence-corrected chi connectivity index (χ1v) is 12.2. The zero-order chi connectivity index (χ0) is 23.1. The number of carbonyl (C=O) groups excluding carboxylic acids is 1. The zero-order valence-corrected chi connectivity index (χ0v) is 20.2. The third-order valence-corrected chi connectivity index (χ3v) is 7.10. The number of thioether (sulfide) groups is 1. The molecule has 0 amide bonds. The summed E-state index contributed by atoms with van der Waals surface area (Å²) >= 11 is 1.43. The molecule has 0 atom stereocenters. The summed E-state index contributed by atoms with van der Waals surface area (Å²) in [7, 11) is 0. The number of benzene rings is 1. The Morgan fingerprint density at radius 3 is 2.61 bits per heavy atom. The minimum absolute atomic E-state index is 0.123. The van der Waals surface area contributed by atoms with E-state index >= 15 is 0 Å². The Hall–Kier alpha value is -3.19. The number of aryl methyl sites for hydroxylation is 3. The summed E-state index contributed by atoms with van der Waals surface area (Å²) in [5.74, 6) is 1.15. The van der Waals surface area contributed by atoms with E-state index in [1.165, 1.54) is 35.9 Å². The lowest BCUT2D eigenvalue weighted by Crippen LogP contribution is -2.07. The molecule has 0 aliphatic heterocycles. The third kappa shape index (κ3) is 4.13. The Morgan fingerprint density at radius 1 is 1.09 bits per heavy atom. The van der Waals surface area contributed by atoms with Crippen molar-refractivity contribution in [3.63, 3.8) is 0 Å². The smallest absolute Gasteiger partial charge is 0.196 e. The second-order valence-corrected chi connectivity index (χ2v) is 9.71. The molecule has 1 aromatic carbocycles.